The van der Waals surface area contributed by atoms with Crippen LogP contribution in [-0.2, 0) is 9.53 Å². The highest BCUT2D eigenvalue weighted by Crippen LogP contribution is 2.16. The van der Waals surface area contributed by atoms with Crippen LogP contribution >= 0.6 is 0 Å². The summed E-state index contributed by atoms with van der Waals surface area (Å²) in [6.07, 6.45) is 0.636. The van der Waals surface area contributed by atoms with Gasteiger partial charge in [0.05, 0.1) is 6.54 Å². The molecule has 1 heterocycles. The largest absolute Gasteiger partial charge is 0.442 e. The summed E-state index contributed by atoms with van der Waals surface area (Å²) in [7, 11) is 0. The lowest BCUT2D eigenvalue weighted by Gasteiger charge is -2.38. The molecule has 0 aromatic rings. The molecule has 1 fully saturated rings. The van der Waals surface area contributed by atoms with Gasteiger partial charge < -0.3 is 10.5 Å². The fourth-order valence-electron chi connectivity index (χ4n) is 1.64. The summed E-state index contributed by atoms with van der Waals surface area (Å²) in [5.41, 5.74) is 4.87. The molecule has 0 saturated carbocycles. The van der Waals surface area contributed by atoms with E-state index in [-0.39, 0.29) is 5.91 Å². The normalized spacial score (nSPS) is 17.3. The van der Waals surface area contributed by atoms with Crippen molar-refractivity contribution in [2.24, 2.45) is 5.73 Å². The lowest BCUT2D eigenvalue weighted by atomic mass is 10.2. The fourth-order valence-corrected chi connectivity index (χ4v) is 1.64. The monoisotopic (exact) mass is 243 g/mol. The number of carbonyl (C=O) groups is 2. The minimum atomic E-state index is -0.564. The number of hydrazine groups is 1. The van der Waals surface area contributed by atoms with Crippen LogP contribution in [0.2, 0.25) is 0 Å². The molecule has 98 valence electrons. The van der Waals surface area contributed by atoms with Crippen molar-refractivity contribution in [3.8, 4) is 0 Å². The van der Waals surface area contributed by atoms with E-state index < -0.39 is 11.7 Å². The first-order valence-corrected chi connectivity index (χ1v) is 5.86. The van der Waals surface area contributed by atoms with Gasteiger partial charge in [-0.1, -0.05) is 0 Å². The van der Waals surface area contributed by atoms with Crippen LogP contribution in [0, 0.1) is 0 Å². The zero-order chi connectivity index (χ0) is 13.1. The Morgan fingerprint density at radius 1 is 1.47 bits per heavy atom. The third-order valence-electron chi connectivity index (χ3n) is 2.29. The minimum Gasteiger partial charge on any atom is -0.442 e. The van der Waals surface area contributed by atoms with Crippen LogP contribution in [0.5, 0.6) is 0 Å². The zero-order valence-electron chi connectivity index (χ0n) is 10.7. The maximum Gasteiger partial charge on any atom is 0.429 e. The van der Waals surface area contributed by atoms with E-state index in [1.54, 1.807) is 20.8 Å². The van der Waals surface area contributed by atoms with Gasteiger partial charge in [0.1, 0.15) is 5.60 Å². The molecule has 1 rings (SSSR count). The van der Waals surface area contributed by atoms with E-state index in [4.69, 9.17) is 10.5 Å². The second-order valence-electron chi connectivity index (χ2n) is 5.01. The van der Waals surface area contributed by atoms with Gasteiger partial charge in [0.15, 0.2) is 0 Å². The van der Waals surface area contributed by atoms with Crippen LogP contribution < -0.4 is 5.73 Å². The van der Waals surface area contributed by atoms with Gasteiger partial charge in [-0.05, 0) is 27.2 Å². The maximum atomic E-state index is 11.9. The van der Waals surface area contributed by atoms with Gasteiger partial charge in [-0.25, -0.2) is 14.8 Å². The molecule has 1 aliphatic rings. The van der Waals surface area contributed by atoms with E-state index in [0.29, 0.717) is 32.5 Å². The molecular weight excluding hydrogens is 222 g/mol. The summed E-state index contributed by atoms with van der Waals surface area (Å²) < 4.78 is 5.25. The Labute approximate surface area is 102 Å². The second-order valence-corrected chi connectivity index (χ2v) is 5.01. The Kier molecular flexibility index (Phi) is 4.34. The third kappa shape index (κ3) is 3.89. The molecule has 2 N–H and O–H groups in total. The van der Waals surface area contributed by atoms with Crippen LogP contribution in [0.15, 0.2) is 0 Å². The molecule has 6 heteroatoms. The van der Waals surface area contributed by atoms with Gasteiger partial charge in [-0.15, -0.1) is 0 Å². The van der Waals surface area contributed by atoms with Gasteiger partial charge in [0, 0.05) is 19.5 Å². The van der Waals surface area contributed by atoms with Crippen LogP contribution in [0.25, 0.3) is 0 Å². The van der Waals surface area contributed by atoms with Crippen molar-refractivity contribution in [1.82, 2.24) is 10.0 Å². The molecule has 0 aliphatic carbocycles. The molecule has 0 atom stereocenters. The predicted molar refractivity (Wildman–Crippen MR) is 62.9 cm³/mol. The topological polar surface area (TPSA) is 75.9 Å². The summed E-state index contributed by atoms with van der Waals surface area (Å²) in [6.45, 7) is 6.56. The molecule has 0 aromatic heterocycles. The van der Waals surface area contributed by atoms with Gasteiger partial charge in [-0.2, -0.15) is 0 Å². The number of rotatable bonds is 2. The first kappa shape index (κ1) is 13.8. The second kappa shape index (κ2) is 5.35. The highest BCUT2D eigenvalue weighted by atomic mass is 16.6. The number of carbonyl (C=O) groups excluding carboxylic acids is 2. The van der Waals surface area contributed by atoms with Crippen molar-refractivity contribution in [1.29, 1.82) is 0 Å². The number of nitrogens with zero attached hydrogens (tertiary/aromatic N) is 2. The summed E-state index contributed by atoms with van der Waals surface area (Å²) in [5.74, 6) is -0.0763. The fraction of sp³-hybridized carbons (Fsp3) is 0.818. The van der Waals surface area contributed by atoms with Crippen molar-refractivity contribution in [3.63, 3.8) is 0 Å². The third-order valence-corrected chi connectivity index (χ3v) is 2.29. The van der Waals surface area contributed by atoms with Crippen molar-refractivity contribution < 1.29 is 14.3 Å². The van der Waals surface area contributed by atoms with Crippen LogP contribution in [-0.4, -0.2) is 47.3 Å². The molecule has 1 aliphatic heterocycles. The van der Waals surface area contributed by atoms with Crippen molar-refractivity contribution in [2.45, 2.75) is 39.2 Å². The Hall–Kier alpha value is -1.30. The van der Waals surface area contributed by atoms with E-state index in [0.717, 1.165) is 0 Å². The summed E-state index contributed by atoms with van der Waals surface area (Å²) in [5, 5.41) is 2.74. The molecule has 0 radical (unpaired) electrons. The zero-order valence-corrected chi connectivity index (χ0v) is 10.7. The SMILES string of the molecule is CC(C)(C)OC(=O)N1CCCC(=O)N1CCN. The first-order valence-electron chi connectivity index (χ1n) is 5.86. The minimum absolute atomic E-state index is 0.0763. The molecule has 0 aromatic carbocycles. The van der Waals surface area contributed by atoms with E-state index in [1.807, 2.05) is 0 Å². The first-order chi connectivity index (χ1) is 7.85. The van der Waals surface area contributed by atoms with E-state index in [9.17, 15) is 9.59 Å². The quantitative estimate of drug-likeness (QED) is 0.775. The average Bonchev–Trinajstić information content (AvgIpc) is 2.18. The highest BCUT2D eigenvalue weighted by Gasteiger charge is 2.32. The molecule has 6 nitrogen and oxygen atoms in total. The van der Waals surface area contributed by atoms with Crippen molar-refractivity contribution in [2.75, 3.05) is 19.6 Å². The number of ether oxygens (including phenoxy) is 1. The summed E-state index contributed by atoms with van der Waals surface area (Å²) in [6, 6.07) is 0. The number of amides is 2. The van der Waals surface area contributed by atoms with E-state index in [2.05, 4.69) is 0 Å². The smallest absolute Gasteiger partial charge is 0.429 e. The lowest BCUT2D eigenvalue weighted by Crippen LogP contribution is -2.55. The standard InChI is InChI=1S/C11H21N3O3/c1-11(2,3)17-10(16)14-7-4-5-9(15)13(14)8-6-12/h4-8,12H2,1-3H3. The number of hydrogen-bond donors (Lipinski definition) is 1. The van der Waals surface area contributed by atoms with Crippen LogP contribution in [0.4, 0.5) is 4.79 Å². The van der Waals surface area contributed by atoms with Gasteiger partial charge in [0.2, 0.25) is 5.91 Å². The Bertz CT molecular complexity index is 299. The maximum absolute atomic E-state index is 11.9. The van der Waals surface area contributed by atoms with Gasteiger partial charge in [0.25, 0.3) is 0 Å². The average molecular weight is 243 g/mol. The molecule has 17 heavy (non-hydrogen) atoms. The predicted octanol–water partition coefficient (Wildman–Crippen LogP) is 0.720. The number of hydrogen-bond acceptors (Lipinski definition) is 4. The number of nitrogens with two attached hydrogens (primary N) is 1. The Morgan fingerprint density at radius 2 is 2.12 bits per heavy atom. The lowest BCUT2D eigenvalue weighted by molar-refractivity contribution is -0.153. The molecule has 1 saturated heterocycles. The molecular formula is C11H21N3O3. The van der Waals surface area contributed by atoms with E-state index in [1.165, 1.54) is 10.0 Å². The summed E-state index contributed by atoms with van der Waals surface area (Å²) in [4.78, 5) is 23.6. The Balaban J connectivity index is 2.71. The molecule has 0 spiro atoms. The molecule has 0 unspecified atom stereocenters. The highest BCUT2D eigenvalue weighted by molar-refractivity contribution is 5.80. The van der Waals surface area contributed by atoms with Crippen molar-refractivity contribution in [3.05, 3.63) is 0 Å². The van der Waals surface area contributed by atoms with Gasteiger partial charge in [-0.3, -0.25) is 4.79 Å². The van der Waals surface area contributed by atoms with Crippen LogP contribution in [0.1, 0.15) is 33.6 Å². The molecule has 2 amide bonds. The van der Waals surface area contributed by atoms with Gasteiger partial charge >= 0.3 is 6.09 Å². The molecule has 0 bridgehead atoms. The summed E-state index contributed by atoms with van der Waals surface area (Å²) >= 11 is 0. The van der Waals surface area contributed by atoms with Crippen LogP contribution in [0.3, 0.4) is 0 Å². The Morgan fingerprint density at radius 3 is 2.65 bits per heavy atom. The van der Waals surface area contributed by atoms with E-state index >= 15 is 0 Å². The van der Waals surface area contributed by atoms with Crippen molar-refractivity contribution >= 4 is 12.0 Å².